The first-order valence-electron chi connectivity index (χ1n) is 6.87. The molecule has 0 aliphatic heterocycles. The van der Waals surface area contributed by atoms with Gasteiger partial charge in [-0.1, -0.05) is 17.7 Å². The number of para-hydroxylation sites is 2. The van der Waals surface area contributed by atoms with E-state index in [2.05, 4.69) is 11.1 Å². The van der Waals surface area contributed by atoms with Crippen LogP contribution in [-0.2, 0) is 24.9 Å². The van der Waals surface area contributed by atoms with Gasteiger partial charge < -0.3 is 9.52 Å². The van der Waals surface area contributed by atoms with E-state index in [9.17, 15) is 9.18 Å². The summed E-state index contributed by atoms with van der Waals surface area (Å²) in [6, 6.07) is 14.7. The van der Waals surface area contributed by atoms with Gasteiger partial charge in [0.15, 0.2) is 5.78 Å². The van der Waals surface area contributed by atoms with Crippen molar-refractivity contribution in [2.45, 2.75) is 13.8 Å². The maximum atomic E-state index is 13.5. The minimum absolute atomic E-state index is 0. The molecule has 1 N–H and O–H groups in total. The number of nitrogens with zero attached hydrogens (tertiary/aromatic N) is 1. The van der Waals surface area contributed by atoms with Crippen molar-refractivity contribution >= 4 is 16.9 Å². The van der Waals surface area contributed by atoms with E-state index in [0.29, 0.717) is 11.1 Å². The summed E-state index contributed by atoms with van der Waals surface area (Å²) in [4.78, 5) is 14.2. The summed E-state index contributed by atoms with van der Waals surface area (Å²) in [5.41, 5.74) is 1.63. The fourth-order valence-electron chi connectivity index (χ4n) is 1.85. The maximum Gasteiger partial charge on any atom is 0.155 e. The molecule has 0 atom stereocenters. The predicted molar refractivity (Wildman–Crippen MR) is 85.3 cm³/mol. The van der Waals surface area contributed by atoms with Gasteiger partial charge in [0.1, 0.15) is 11.5 Å². The molecule has 127 valence electrons. The Morgan fingerprint density at radius 3 is 2.50 bits per heavy atom. The molecule has 6 heteroatoms. The first kappa shape index (κ1) is 19.7. The van der Waals surface area contributed by atoms with Gasteiger partial charge in [-0.3, -0.25) is 14.2 Å². The van der Waals surface area contributed by atoms with Crippen molar-refractivity contribution in [1.29, 1.82) is 0 Å². The summed E-state index contributed by atoms with van der Waals surface area (Å²) in [7, 11) is 0. The van der Waals surface area contributed by atoms with E-state index < -0.39 is 0 Å². The third kappa shape index (κ3) is 5.40. The molecule has 0 aliphatic carbocycles. The van der Waals surface area contributed by atoms with E-state index in [-0.39, 0.29) is 48.9 Å². The van der Waals surface area contributed by atoms with Crippen LogP contribution < -0.4 is 0 Å². The van der Waals surface area contributed by atoms with Gasteiger partial charge in [0.05, 0.1) is 11.3 Å². The summed E-state index contributed by atoms with van der Waals surface area (Å²) < 4.78 is 18.9. The van der Waals surface area contributed by atoms with E-state index in [1.54, 1.807) is 18.2 Å². The van der Waals surface area contributed by atoms with Crippen LogP contribution in [0.5, 0.6) is 0 Å². The monoisotopic (exact) mass is 505 g/mol. The summed E-state index contributed by atoms with van der Waals surface area (Å²) in [6.07, 6.45) is 1.17. The van der Waals surface area contributed by atoms with Crippen LogP contribution in [0.25, 0.3) is 22.6 Å². The van der Waals surface area contributed by atoms with Gasteiger partial charge in [0.25, 0.3) is 0 Å². The van der Waals surface area contributed by atoms with Gasteiger partial charge in [-0.2, -0.15) is 0 Å². The van der Waals surface area contributed by atoms with Gasteiger partial charge in [0, 0.05) is 32.0 Å². The number of aliphatic hydroxyl groups excluding tert-OH is 1. The van der Waals surface area contributed by atoms with Crippen LogP contribution in [0.1, 0.15) is 13.8 Å². The summed E-state index contributed by atoms with van der Waals surface area (Å²) in [6.45, 7) is 2.85. The SMILES string of the molecule is CC(=O)/C=C(/C)O.Fc1ccc[c-]c1-c1nc2ccccc2o1.[Ir]. The Morgan fingerprint density at radius 1 is 1.25 bits per heavy atom. The Kier molecular flexibility index (Phi) is 7.49. The number of carbonyl (C=O) groups is 1. The van der Waals surface area contributed by atoms with Crippen molar-refractivity contribution in [3.8, 4) is 11.5 Å². The van der Waals surface area contributed by atoms with Crippen molar-refractivity contribution in [2.24, 2.45) is 0 Å². The fourth-order valence-corrected chi connectivity index (χ4v) is 1.85. The van der Waals surface area contributed by atoms with E-state index in [1.807, 2.05) is 18.2 Å². The number of allylic oxidation sites excluding steroid dienone is 2. The van der Waals surface area contributed by atoms with Gasteiger partial charge in [-0.25, -0.2) is 0 Å². The molecule has 0 aliphatic rings. The minimum atomic E-state index is -0.381. The average molecular weight is 505 g/mol. The molecule has 1 aromatic heterocycles. The van der Waals surface area contributed by atoms with Crippen molar-refractivity contribution in [1.82, 2.24) is 4.98 Å². The number of hydrogen-bond donors (Lipinski definition) is 1. The van der Waals surface area contributed by atoms with Gasteiger partial charge in [-0.15, -0.1) is 24.3 Å². The Morgan fingerprint density at radius 2 is 1.96 bits per heavy atom. The zero-order valence-electron chi connectivity index (χ0n) is 13.0. The Labute approximate surface area is 152 Å². The average Bonchev–Trinajstić information content (AvgIpc) is 2.90. The van der Waals surface area contributed by atoms with Gasteiger partial charge in [-0.05, 0) is 26.0 Å². The second-order valence-electron chi connectivity index (χ2n) is 4.78. The van der Waals surface area contributed by atoms with Crippen molar-refractivity contribution in [2.75, 3.05) is 0 Å². The molecule has 0 fully saturated rings. The molecular formula is C18H15FIrNO3-. The smallest absolute Gasteiger partial charge is 0.155 e. The standard InChI is InChI=1S/C13H7FNO.C5H8O2.Ir/c14-10-6-2-1-5-9(10)13-15-11-7-3-4-8-12(11)16-13;1-4(6)3-5(2)7;/h1-4,6-8H;3,6H,1-2H3;/q-1;;/b;4-3-;. The van der Waals surface area contributed by atoms with E-state index >= 15 is 0 Å². The molecule has 0 spiro atoms. The molecule has 3 rings (SSSR count). The van der Waals surface area contributed by atoms with Crippen LogP contribution in [0.2, 0.25) is 0 Å². The Hall–Kier alpha value is -2.30. The first-order chi connectivity index (χ1) is 11.0. The van der Waals surface area contributed by atoms with Crippen LogP contribution in [0, 0.1) is 11.9 Å². The molecule has 4 nitrogen and oxygen atoms in total. The zero-order valence-corrected chi connectivity index (χ0v) is 15.4. The van der Waals surface area contributed by atoms with E-state index in [0.717, 1.165) is 0 Å². The number of aromatic nitrogens is 1. The van der Waals surface area contributed by atoms with Crippen LogP contribution in [0.4, 0.5) is 4.39 Å². The summed E-state index contributed by atoms with van der Waals surface area (Å²) in [5, 5.41) is 8.36. The number of carbonyl (C=O) groups excluding carboxylic acids is 1. The van der Waals surface area contributed by atoms with Gasteiger partial charge >= 0.3 is 0 Å². The van der Waals surface area contributed by atoms with E-state index in [4.69, 9.17) is 9.52 Å². The third-order valence-electron chi connectivity index (χ3n) is 2.73. The molecule has 1 heterocycles. The molecule has 3 aromatic rings. The second-order valence-corrected chi connectivity index (χ2v) is 4.78. The Balaban J connectivity index is 0.000000312. The van der Waals surface area contributed by atoms with Crippen LogP contribution >= 0.6 is 0 Å². The number of halogens is 1. The number of aliphatic hydroxyl groups is 1. The van der Waals surface area contributed by atoms with Crippen LogP contribution in [0.15, 0.2) is 58.7 Å². The molecule has 0 bridgehead atoms. The maximum absolute atomic E-state index is 13.5. The first-order valence-corrected chi connectivity index (χ1v) is 6.87. The number of benzene rings is 2. The molecule has 0 saturated carbocycles. The molecule has 24 heavy (non-hydrogen) atoms. The normalized spacial score (nSPS) is 10.5. The van der Waals surface area contributed by atoms with Crippen molar-refractivity contribution < 1.29 is 38.8 Å². The number of oxazole rings is 1. The molecule has 2 aromatic carbocycles. The van der Waals surface area contributed by atoms with Crippen LogP contribution in [-0.4, -0.2) is 15.9 Å². The van der Waals surface area contributed by atoms with Gasteiger partial charge in [0.2, 0.25) is 0 Å². The molecular weight excluding hydrogens is 489 g/mol. The number of rotatable bonds is 2. The predicted octanol–water partition coefficient (Wildman–Crippen LogP) is 4.47. The van der Waals surface area contributed by atoms with Crippen molar-refractivity contribution in [3.63, 3.8) is 0 Å². The molecule has 1 radical (unpaired) electrons. The second kappa shape index (κ2) is 9.11. The summed E-state index contributed by atoms with van der Waals surface area (Å²) in [5.74, 6) is -0.180. The fraction of sp³-hybridized carbons (Fsp3) is 0.111. The largest absolute Gasteiger partial charge is 0.512 e. The summed E-state index contributed by atoms with van der Waals surface area (Å²) >= 11 is 0. The zero-order chi connectivity index (χ0) is 16.8. The quantitative estimate of drug-likeness (QED) is 0.318. The minimum Gasteiger partial charge on any atom is -0.512 e. The topological polar surface area (TPSA) is 63.3 Å². The van der Waals surface area contributed by atoms with E-state index in [1.165, 1.54) is 26.0 Å². The number of hydrogen-bond acceptors (Lipinski definition) is 4. The number of ketones is 1. The molecule has 0 unspecified atom stereocenters. The Bertz CT molecular complexity index is 821. The van der Waals surface area contributed by atoms with Crippen LogP contribution in [0.3, 0.4) is 0 Å². The third-order valence-corrected chi connectivity index (χ3v) is 2.73. The molecule has 0 saturated heterocycles. The molecule has 0 amide bonds. The number of fused-ring (bicyclic) bond motifs is 1. The van der Waals surface area contributed by atoms with Crippen molar-refractivity contribution in [3.05, 3.63) is 66.2 Å².